The minimum absolute atomic E-state index is 0.120. The number of ether oxygens (including phenoxy) is 2. The summed E-state index contributed by atoms with van der Waals surface area (Å²) in [6, 6.07) is 9.69. The molecule has 23 heavy (non-hydrogen) atoms. The predicted octanol–water partition coefficient (Wildman–Crippen LogP) is 2.50. The Kier molecular flexibility index (Phi) is 5.62. The summed E-state index contributed by atoms with van der Waals surface area (Å²) < 4.78 is 36.3. The number of rotatable bonds is 6. The first-order valence-electron chi connectivity index (χ1n) is 6.62. The Hall–Kier alpha value is -2.96. The number of hydrogen-bond donors (Lipinski definition) is 1. The van der Waals surface area contributed by atoms with Crippen molar-refractivity contribution >= 4 is 12.1 Å². The molecule has 0 heterocycles. The van der Waals surface area contributed by atoms with Crippen LogP contribution in [0.2, 0.25) is 0 Å². The van der Waals surface area contributed by atoms with Gasteiger partial charge in [0.25, 0.3) is 5.91 Å². The molecule has 2 aromatic rings. The van der Waals surface area contributed by atoms with Crippen molar-refractivity contribution in [1.82, 2.24) is 5.43 Å². The van der Waals surface area contributed by atoms with E-state index in [-0.39, 0.29) is 18.1 Å². The van der Waals surface area contributed by atoms with E-state index in [0.717, 1.165) is 6.07 Å². The smallest absolute Gasteiger partial charge is 0.277 e. The Bertz CT molecular complexity index is 720. The van der Waals surface area contributed by atoms with Crippen LogP contribution in [0.1, 0.15) is 5.56 Å². The Morgan fingerprint density at radius 1 is 1.26 bits per heavy atom. The summed E-state index contributed by atoms with van der Waals surface area (Å²) in [5, 5.41) is 3.68. The largest absolute Gasteiger partial charge is 0.494 e. The van der Waals surface area contributed by atoms with Gasteiger partial charge in [-0.25, -0.2) is 14.2 Å². The van der Waals surface area contributed by atoms with E-state index in [1.807, 2.05) is 0 Å². The minimum Gasteiger partial charge on any atom is -0.494 e. The van der Waals surface area contributed by atoms with E-state index < -0.39 is 17.5 Å². The van der Waals surface area contributed by atoms with E-state index in [9.17, 15) is 13.6 Å². The van der Waals surface area contributed by atoms with Crippen molar-refractivity contribution in [3.05, 3.63) is 59.7 Å². The monoisotopic (exact) mass is 320 g/mol. The SMILES string of the molecule is COc1ccc(/C=N\NC(=O)COc2cccc(F)c2)cc1F. The molecular formula is C16H14F2N2O3. The van der Waals surface area contributed by atoms with Gasteiger partial charge in [0.1, 0.15) is 11.6 Å². The Morgan fingerprint density at radius 2 is 2.09 bits per heavy atom. The summed E-state index contributed by atoms with van der Waals surface area (Å²) in [7, 11) is 1.37. The third kappa shape index (κ3) is 5.06. The van der Waals surface area contributed by atoms with E-state index in [2.05, 4.69) is 10.5 Å². The summed E-state index contributed by atoms with van der Waals surface area (Å²) >= 11 is 0. The van der Waals surface area contributed by atoms with Gasteiger partial charge in [0.15, 0.2) is 18.2 Å². The van der Waals surface area contributed by atoms with Crippen molar-refractivity contribution in [1.29, 1.82) is 0 Å². The summed E-state index contributed by atoms with van der Waals surface area (Å²) in [5.74, 6) is -1.16. The van der Waals surface area contributed by atoms with Gasteiger partial charge in [-0.2, -0.15) is 5.10 Å². The molecule has 1 amide bonds. The maximum Gasteiger partial charge on any atom is 0.277 e. The van der Waals surface area contributed by atoms with E-state index in [1.165, 1.54) is 43.7 Å². The first-order valence-corrected chi connectivity index (χ1v) is 6.62. The summed E-state index contributed by atoms with van der Waals surface area (Å²) in [4.78, 5) is 11.5. The number of nitrogens with zero attached hydrogens (tertiary/aromatic N) is 1. The molecule has 0 unspecified atom stereocenters. The number of amides is 1. The van der Waals surface area contributed by atoms with Gasteiger partial charge in [0.05, 0.1) is 13.3 Å². The molecule has 0 saturated heterocycles. The fourth-order valence-electron chi connectivity index (χ4n) is 1.68. The normalized spacial score (nSPS) is 10.6. The number of nitrogens with one attached hydrogen (secondary N) is 1. The van der Waals surface area contributed by atoms with Crippen LogP contribution < -0.4 is 14.9 Å². The second kappa shape index (κ2) is 7.88. The van der Waals surface area contributed by atoms with Crippen LogP contribution in [-0.4, -0.2) is 25.8 Å². The van der Waals surface area contributed by atoms with Crippen LogP contribution in [0.15, 0.2) is 47.6 Å². The number of carbonyl (C=O) groups excluding carboxylic acids is 1. The molecule has 2 rings (SSSR count). The molecule has 120 valence electrons. The fraction of sp³-hybridized carbons (Fsp3) is 0.125. The number of hydrogen-bond acceptors (Lipinski definition) is 4. The average molecular weight is 320 g/mol. The first-order chi connectivity index (χ1) is 11.1. The van der Waals surface area contributed by atoms with Gasteiger partial charge in [-0.1, -0.05) is 6.07 Å². The number of halogens is 2. The van der Waals surface area contributed by atoms with Crippen LogP contribution in [0, 0.1) is 11.6 Å². The highest BCUT2D eigenvalue weighted by Crippen LogP contribution is 2.16. The molecule has 0 fully saturated rings. The van der Waals surface area contributed by atoms with Gasteiger partial charge in [-0.05, 0) is 35.9 Å². The van der Waals surface area contributed by atoms with Gasteiger partial charge >= 0.3 is 0 Å². The lowest BCUT2D eigenvalue weighted by Crippen LogP contribution is -2.24. The van der Waals surface area contributed by atoms with Crippen LogP contribution in [-0.2, 0) is 4.79 Å². The van der Waals surface area contributed by atoms with Gasteiger partial charge in [-0.3, -0.25) is 4.79 Å². The Labute approximate surface area is 131 Å². The maximum absolute atomic E-state index is 13.5. The second-order valence-corrected chi connectivity index (χ2v) is 4.43. The van der Waals surface area contributed by atoms with Crippen molar-refractivity contribution < 1.29 is 23.0 Å². The van der Waals surface area contributed by atoms with Crippen molar-refractivity contribution in [3.63, 3.8) is 0 Å². The predicted molar refractivity (Wildman–Crippen MR) is 80.6 cm³/mol. The van der Waals surface area contributed by atoms with E-state index in [4.69, 9.17) is 9.47 Å². The lowest BCUT2D eigenvalue weighted by Gasteiger charge is -2.05. The highest BCUT2D eigenvalue weighted by Gasteiger charge is 2.03. The zero-order valence-corrected chi connectivity index (χ0v) is 12.3. The van der Waals surface area contributed by atoms with Crippen LogP contribution >= 0.6 is 0 Å². The molecule has 0 aromatic heterocycles. The molecule has 1 N–H and O–H groups in total. The van der Waals surface area contributed by atoms with Gasteiger partial charge in [0, 0.05) is 6.07 Å². The number of carbonyl (C=O) groups is 1. The summed E-state index contributed by atoms with van der Waals surface area (Å²) in [5.41, 5.74) is 2.68. The average Bonchev–Trinajstić information content (AvgIpc) is 2.53. The van der Waals surface area contributed by atoms with Crippen molar-refractivity contribution in [2.75, 3.05) is 13.7 Å². The van der Waals surface area contributed by atoms with Crippen LogP contribution in [0.25, 0.3) is 0 Å². The summed E-state index contributed by atoms with van der Waals surface area (Å²) in [6.07, 6.45) is 1.28. The molecule has 0 aliphatic heterocycles. The maximum atomic E-state index is 13.5. The molecule has 0 saturated carbocycles. The third-order valence-electron chi connectivity index (χ3n) is 2.74. The highest BCUT2D eigenvalue weighted by molar-refractivity contribution is 5.83. The Morgan fingerprint density at radius 3 is 2.78 bits per heavy atom. The number of hydrazone groups is 1. The molecule has 2 aromatic carbocycles. The van der Waals surface area contributed by atoms with Gasteiger partial charge in [-0.15, -0.1) is 0 Å². The van der Waals surface area contributed by atoms with Crippen LogP contribution in [0.4, 0.5) is 8.78 Å². The fourth-order valence-corrected chi connectivity index (χ4v) is 1.68. The lowest BCUT2D eigenvalue weighted by atomic mass is 10.2. The minimum atomic E-state index is -0.530. The third-order valence-corrected chi connectivity index (χ3v) is 2.74. The van der Waals surface area contributed by atoms with E-state index in [1.54, 1.807) is 6.07 Å². The van der Waals surface area contributed by atoms with Crippen LogP contribution in [0.3, 0.4) is 0 Å². The molecular weight excluding hydrogens is 306 g/mol. The molecule has 0 spiro atoms. The summed E-state index contributed by atoms with van der Waals surface area (Å²) in [6.45, 7) is -0.322. The molecule has 5 nitrogen and oxygen atoms in total. The molecule has 0 radical (unpaired) electrons. The standard InChI is InChI=1S/C16H14F2N2O3/c1-22-15-6-5-11(7-14(15)18)9-19-20-16(21)10-23-13-4-2-3-12(17)8-13/h2-9H,10H2,1H3,(H,20,21)/b19-9-. The van der Waals surface area contributed by atoms with Crippen molar-refractivity contribution in [2.45, 2.75) is 0 Å². The number of methoxy groups -OCH3 is 1. The molecule has 0 aliphatic rings. The topological polar surface area (TPSA) is 59.9 Å². The second-order valence-electron chi connectivity index (χ2n) is 4.43. The van der Waals surface area contributed by atoms with Gasteiger partial charge < -0.3 is 9.47 Å². The quantitative estimate of drug-likeness (QED) is 0.657. The van der Waals surface area contributed by atoms with Crippen molar-refractivity contribution in [2.24, 2.45) is 5.10 Å². The lowest BCUT2D eigenvalue weighted by molar-refractivity contribution is -0.123. The highest BCUT2D eigenvalue weighted by atomic mass is 19.1. The first kappa shape index (κ1) is 16.4. The molecule has 0 aliphatic carbocycles. The van der Waals surface area contributed by atoms with Crippen LogP contribution in [0.5, 0.6) is 11.5 Å². The zero-order chi connectivity index (χ0) is 16.7. The van der Waals surface area contributed by atoms with E-state index in [0.29, 0.717) is 5.56 Å². The molecule has 7 heteroatoms. The molecule has 0 bridgehead atoms. The number of benzene rings is 2. The Balaban J connectivity index is 1.83. The van der Waals surface area contributed by atoms with E-state index >= 15 is 0 Å². The zero-order valence-electron chi connectivity index (χ0n) is 12.3. The molecule has 0 atom stereocenters. The van der Waals surface area contributed by atoms with Crippen molar-refractivity contribution in [3.8, 4) is 11.5 Å². The van der Waals surface area contributed by atoms with Gasteiger partial charge in [0.2, 0.25) is 0 Å².